The number of thioether (sulfide) groups is 1. The fourth-order valence-electron chi connectivity index (χ4n) is 1.95. The molecule has 6 nitrogen and oxygen atoms in total. The molecule has 1 atom stereocenters. The highest BCUT2D eigenvalue weighted by Gasteiger charge is 2.23. The van der Waals surface area contributed by atoms with Gasteiger partial charge in [-0.2, -0.15) is 0 Å². The van der Waals surface area contributed by atoms with Crippen LogP contribution in [0.15, 0.2) is 12.1 Å². The number of rotatable bonds is 5. The third-order valence-corrected chi connectivity index (χ3v) is 3.90. The van der Waals surface area contributed by atoms with Gasteiger partial charge < -0.3 is 19.5 Å². The average molecular weight is 298 g/mol. The van der Waals surface area contributed by atoms with Crippen molar-refractivity contribution in [3.8, 4) is 17.2 Å². The summed E-state index contributed by atoms with van der Waals surface area (Å²) in [5.41, 5.74) is 0.614. The van der Waals surface area contributed by atoms with Crippen LogP contribution in [0.5, 0.6) is 17.2 Å². The summed E-state index contributed by atoms with van der Waals surface area (Å²) in [4.78, 5) is 12.1. The number of benzene rings is 1. The molecule has 0 aliphatic carbocycles. The van der Waals surface area contributed by atoms with Crippen LogP contribution in [-0.2, 0) is 4.79 Å². The fraction of sp³-hybridized carbons (Fsp3) is 0.462. The fourth-order valence-corrected chi connectivity index (χ4v) is 2.89. The maximum Gasteiger partial charge on any atom is 0.242 e. The van der Waals surface area contributed by atoms with E-state index in [1.165, 1.54) is 21.3 Å². The number of methoxy groups -OCH3 is 3. The van der Waals surface area contributed by atoms with E-state index in [1.807, 2.05) is 0 Å². The molecule has 1 aliphatic rings. The van der Waals surface area contributed by atoms with Crippen molar-refractivity contribution in [3.05, 3.63) is 12.1 Å². The Bertz CT molecular complexity index is 464. The summed E-state index contributed by atoms with van der Waals surface area (Å²) in [5, 5.41) is 5.97. The summed E-state index contributed by atoms with van der Waals surface area (Å²) in [6.45, 7) is 0. The second-order valence-electron chi connectivity index (χ2n) is 4.18. The predicted molar refractivity (Wildman–Crippen MR) is 79.0 cm³/mol. The van der Waals surface area contributed by atoms with Gasteiger partial charge in [-0.25, -0.2) is 0 Å². The van der Waals surface area contributed by atoms with Crippen molar-refractivity contribution >= 4 is 23.4 Å². The Morgan fingerprint density at radius 3 is 2.35 bits per heavy atom. The van der Waals surface area contributed by atoms with Crippen LogP contribution in [0.2, 0.25) is 0 Å². The van der Waals surface area contributed by atoms with E-state index in [0.29, 0.717) is 22.9 Å². The van der Waals surface area contributed by atoms with Gasteiger partial charge in [0.2, 0.25) is 11.7 Å². The maximum atomic E-state index is 12.1. The highest BCUT2D eigenvalue weighted by molar-refractivity contribution is 7.99. The highest BCUT2D eigenvalue weighted by atomic mass is 32.2. The van der Waals surface area contributed by atoms with Crippen molar-refractivity contribution in [1.82, 2.24) is 5.32 Å². The zero-order chi connectivity index (χ0) is 14.5. The molecule has 0 spiro atoms. The molecule has 1 unspecified atom stereocenters. The lowest BCUT2D eigenvalue weighted by Gasteiger charge is -2.16. The zero-order valence-corrected chi connectivity index (χ0v) is 12.5. The molecular weight excluding hydrogens is 280 g/mol. The number of amides is 1. The second kappa shape index (κ2) is 6.71. The summed E-state index contributed by atoms with van der Waals surface area (Å²) in [7, 11) is 4.62. The first kappa shape index (κ1) is 14.8. The minimum atomic E-state index is -0.168. The molecule has 0 saturated carbocycles. The van der Waals surface area contributed by atoms with Gasteiger partial charge in [0.05, 0.1) is 27.4 Å². The number of ether oxygens (including phenoxy) is 3. The molecule has 0 aromatic heterocycles. The first-order chi connectivity index (χ1) is 9.69. The number of hydrogen-bond donors (Lipinski definition) is 2. The number of carbonyl (C=O) groups excluding carboxylic acids is 1. The van der Waals surface area contributed by atoms with Gasteiger partial charge in [-0.1, -0.05) is 0 Å². The lowest BCUT2D eigenvalue weighted by Crippen LogP contribution is -2.37. The van der Waals surface area contributed by atoms with E-state index in [1.54, 1.807) is 23.9 Å². The van der Waals surface area contributed by atoms with Crippen molar-refractivity contribution in [2.24, 2.45) is 0 Å². The molecule has 0 radical (unpaired) electrons. The molecule has 2 rings (SSSR count). The molecule has 2 N–H and O–H groups in total. The van der Waals surface area contributed by atoms with Crippen LogP contribution in [0.25, 0.3) is 0 Å². The maximum absolute atomic E-state index is 12.1. The topological polar surface area (TPSA) is 68.8 Å². The van der Waals surface area contributed by atoms with E-state index in [4.69, 9.17) is 14.2 Å². The minimum Gasteiger partial charge on any atom is -0.493 e. The normalized spacial score (nSPS) is 17.6. The van der Waals surface area contributed by atoms with Gasteiger partial charge in [0, 0.05) is 29.4 Å². The molecule has 0 bridgehead atoms. The van der Waals surface area contributed by atoms with Crippen molar-refractivity contribution in [3.63, 3.8) is 0 Å². The molecule has 1 amide bonds. The summed E-state index contributed by atoms with van der Waals surface area (Å²) in [6.07, 6.45) is 0. The van der Waals surface area contributed by atoms with Gasteiger partial charge in [0.25, 0.3) is 0 Å². The molecule has 7 heteroatoms. The molecule has 1 saturated heterocycles. The summed E-state index contributed by atoms with van der Waals surface area (Å²) >= 11 is 1.70. The van der Waals surface area contributed by atoms with Gasteiger partial charge in [0.15, 0.2) is 11.5 Å². The van der Waals surface area contributed by atoms with Gasteiger partial charge >= 0.3 is 0 Å². The van der Waals surface area contributed by atoms with Crippen molar-refractivity contribution < 1.29 is 19.0 Å². The Kier molecular flexibility index (Phi) is 4.97. The molecule has 110 valence electrons. The van der Waals surface area contributed by atoms with E-state index < -0.39 is 0 Å². The summed E-state index contributed by atoms with van der Waals surface area (Å²) < 4.78 is 15.7. The summed E-state index contributed by atoms with van der Waals surface area (Å²) in [5.74, 6) is 3.03. The third kappa shape index (κ3) is 3.10. The van der Waals surface area contributed by atoms with Crippen molar-refractivity contribution in [1.29, 1.82) is 0 Å². The quantitative estimate of drug-likeness (QED) is 0.854. The van der Waals surface area contributed by atoms with E-state index in [0.717, 1.165) is 11.6 Å². The number of anilines is 1. The van der Waals surface area contributed by atoms with Gasteiger partial charge in [-0.3, -0.25) is 10.1 Å². The zero-order valence-electron chi connectivity index (χ0n) is 11.7. The van der Waals surface area contributed by atoms with Crippen LogP contribution in [0.4, 0.5) is 5.69 Å². The smallest absolute Gasteiger partial charge is 0.242 e. The van der Waals surface area contributed by atoms with Crippen molar-refractivity contribution in [2.75, 3.05) is 38.3 Å². The molecule has 20 heavy (non-hydrogen) atoms. The number of carbonyl (C=O) groups is 1. The van der Waals surface area contributed by atoms with Crippen LogP contribution < -0.4 is 24.8 Å². The van der Waals surface area contributed by atoms with Crippen LogP contribution in [0.1, 0.15) is 0 Å². The van der Waals surface area contributed by atoms with Crippen molar-refractivity contribution in [2.45, 2.75) is 6.04 Å². The standard InChI is InChI=1S/C13H18N2O4S/c1-17-10-4-8(5-11(18-2)12(10)19-3)15-13(16)9-6-20-7-14-9/h4-5,9,14H,6-7H2,1-3H3,(H,15,16). The molecule has 1 aliphatic heterocycles. The molecule has 1 aromatic rings. The van der Waals surface area contributed by atoms with Gasteiger partial charge in [0.1, 0.15) is 0 Å². The third-order valence-electron chi connectivity index (χ3n) is 2.97. The minimum absolute atomic E-state index is 0.0655. The lowest BCUT2D eigenvalue weighted by molar-refractivity contribution is -0.117. The SMILES string of the molecule is COc1cc(NC(=O)C2CSCN2)cc(OC)c1OC. The van der Waals surface area contributed by atoms with Crippen LogP contribution in [0.3, 0.4) is 0 Å². The number of hydrogen-bond acceptors (Lipinski definition) is 6. The van der Waals surface area contributed by atoms with Gasteiger partial charge in [-0.05, 0) is 0 Å². The Labute approximate surface area is 122 Å². The average Bonchev–Trinajstić information content (AvgIpc) is 3.00. The largest absolute Gasteiger partial charge is 0.493 e. The van der Waals surface area contributed by atoms with E-state index in [-0.39, 0.29) is 11.9 Å². The Hall–Kier alpha value is -1.60. The van der Waals surface area contributed by atoms with Gasteiger partial charge in [-0.15, -0.1) is 11.8 Å². The van der Waals surface area contributed by atoms with Crippen LogP contribution in [0, 0.1) is 0 Å². The second-order valence-corrected chi connectivity index (χ2v) is 5.21. The monoisotopic (exact) mass is 298 g/mol. The first-order valence-corrected chi connectivity index (χ1v) is 7.27. The molecule has 1 heterocycles. The predicted octanol–water partition coefficient (Wildman–Crippen LogP) is 1.31. The van der Waals surface area contributed by atoms with Crippen LogP contribution >= 0.6 is 11.8 Å². The van der Waals surface area contributed by atoms with E-state index in [9.17, 15) is 4.79 Å². The summed E-state index contributed by atoms with van der Waals surface area (Å²) in [6, 6.07) is 3.25. The lowest BCUT2D eigenvalue weighted by atomic mass is 10.2. The Morgan fingerprint density at radius 2 is 1.90 bits per heavy atom. The highest BCUT2D eigenvalue weighted by Crippen LogP contribution is 2.39. The Balaban J connectivity index is 2.21. The Morgan fingerprint density at radius 1 is 1.25 bits per heavy atom. The number of nitrogens with one attached hydrogen (secondary N) is 2. The van der Waals surface area contributed by atoms with Crippen LogP contribution in [-0.4, -0.2) is 44.9 Å². The molecule has 1 fully saturated rings. The molecular formula is C13H18N2O4S. The van der Waals surface area contributed by atoms with E-state index >= 15 is 0 Å². The molecule has 1 aromatic carbocycles. The first-order valence-electron chi connectivity index (χ1n) is 6.11. The van der Waals surface area contributed by atoms with E-state index in [2.05, 4.69) is 10.6 Å².